The van der Waals surface area contributed by atoms with Crippen molar-refractivity contribution in [2.45, 2.75) is 26.4 Å². The van der Waals surface area contributed by atoms with Gasteiger partial charge in [0.25, 0.3) is 5.91 Å². The molecule has 10 nitrogen and oxygen atoms in total. The molecule has 2 aromatic carbocycles. The van der Waals surface area contributed by atoms with E-state index in [9.17, 15) is 9.59 Å². The summed E-state index contributed by atoms with van der Waals surface area (Å²) in [6, 6.07) is 12.5. The van der Waals surface area contributed by atoms with Crippen LogP contribution in [0.3, 0.4) is 0 Å². The van der Waals surface area contributed by atoms with E-state index in [4.69, 9.17) is 25.2 Å². The predicted molar refractivity (Wildman–Crippen MR) is 135 cm³/mol. The maximum Gasteiger partial charge on any atom is 0.254 e. The highest BCUT2D eigenvalue weighted by atomic mass is 16.7. The van der Waals surface area contributed by atoms with Gasteiger partial charge in [-0.05, 0) is 36.2 Å². The van der Waals surface area contributed by atoms with Crippen LogP contribution in [0.4, 0.5) is 5.82 Å². The van der Waals surface area contributed by atoms with Crippen LogP contribution in [0.1, 0.15) is 30.0 Å². The number of nitrogens with two attached hydrogens (primary N) is 1. The lowest BCUT2D eigenvalue weighted by molar-refractivity contribution is -0.119. The third kappa shape index (κ3) is 4.90. The van der Waals surface area contributed by atoms with Gasteiger partial charge in [-0.25, -0.2) is 9.97 Å². The Bertz CT molecular complexity index is 1290. The summed E-state index contributed by atoms with van der Waals surface area (Å²) < 4.78 is 10.7. The molecule has 188 valence electrons. The lowest BCUT2D eigenvalue weighted by atomic mass is 10.0. The SMILES string of the molecule is CC(C)[C@H](Nc1nc(CN2CCN(C(=O)c3ccc4c(c3)OCO4)CC2)nc2ccccc12)C(N)=O. The van der Waals surface area contributed by atoms with E-state index >= 15 is 0 Å². The van der Waals surface area contributed by atoms with Gasteiger partial charge in [0, 0.05) is 37.1 Å². The number of fused-ring (bicyclic) bond motifs is 2. The zero-order valence-corrected chi connectivity index (χ0v) is 20.4. The van der Waals surface area contributed by atoms with Crippen LogP contribution in [0.2, 0.25) is 0 Å². The Morgan fingerprint density at radius 3 is 2.53 bits per heavy atom. The molecule has 0 spiro atoms. The number of carbonyl (C=O) groups excluding carboxylic acids is 2. The predicted octanol–water partition coefficient (Wildman–Crippen LogP) is 2.24. The Morgan fingerprint density at radius 1 is 1.03 bits per heavy atom. The minimum absolute atomic E-state index is 0.00931. The number of piperazine rings is 1. The molecule has 3 heterocycles. The zero-order valence-electron chi connectivity index (χ0n) is 20.4. The first-order chi connectivity index (χ1) is 17.4. The van der Waals surface area contributed by atoms with Crippen molar-refractivity contribution >= 4 is 28.5 Å². The molecule has 0 radical (unpaired) electrons. The summed E-state index contributed by atoms with van der Waals surface area (Å²) in [5.74, 6) is 2.09. The number of amides is 2. The van der Waals surface area contributed by atoms with Crippen molar-refractivity contribution < 1.29 is 19.1 Å². The van der Waals surface area contributed by atoms with Gasteiger partial charge in [0.2, 0.25) is 12.7 Å². The van der Waals surface area contributed by atoms with E-state index in [1.807, 2.05) is 43.0 Å². The smallest absolute Gasteiger partial charge is 0.254 e. The Labute approximate surface area is 209 Å². The summed E-state index contributed by atoms with van der Waals surface area (Å²) in [4.78, 5) is 38.6. The van der Waals surface area contributed by atoms with Crippen LogP contribution in [0, 0.1) is 5.92 Å². The van der Waals surface area contributed by atoms with Gasteiger partial charge < -0.3 is 25.4 Å². The van der Waals surface area contributed by atoms with Crippen molar-refractivity contribution in [1.82, 2.24) is 19.8 Å². The highest BCUT2D eigenvalue weighted by molar-refractivity contribution is 5.95. The maximum absolute atomic E-state index is 13.0. The van der Waals surface area contributed by atoms with Crippen LogP contribution in [0.5, 0.6) is 11.5 Å². The largest absolute Gasteiger partial charge is 0.454 e. The monoisotopic (exact) mass is 490 g/mol. The van der Waals surface area contributed by atoms with Crippen LogP contribution in [0.15, 0.2) is 42.5 Å². The molecule has 10 heteroatoms. The Balaban J connectivity index is 1.27. The van der Waals surface area contributed by atoms with Gasteiger partial charge in [-0.15, -0.1) is 0 Å². The van der Waals surface area contributed by atoms with E-state index in [0.29, 0.717) is 61.4 Å². The number of aromatic nitrogens is 2. The molecular formula is C26H30N6O4. The average Bonchev–Trinajstić information content (AvgIpc) is 3.35. The summed E-state index contributed by atoms with van der Waals surface area (Å²) in [6.45, 7) is 7.20. The number of hydrogen-bond donors (Lipinski definition) is 2. The minimum Gasteiger partial charge on any atom is -0.454 e. The van der Waals surface area contributed by atoms with Crippen molar-refractivity contribution in [3.8, 4) is 11.5 Å². The van der Waals surface area contributed by atoms with E-state index in [0.717, 1.165) is 10.9 Å². The molecule has 0 aliphatic carbocycles. The molecule has 0 saturated carbocycles. The van der Waals surface area contributed by atoms with Gasteiger partial charge in [0.05, 0.1) is 12.1 Å². The molecule has 1 atom stereocenters. The van der Waals surface area contributed by atoms with Gasteiger partial charge in [-0.2, -0.15) is 0 Å². The van der Waals surface area contributed by atoms with Crippen LogP contribution >= 0.6 is 0 Å². The second kappa shape index (κ2) is 9.98. The van der Waals surface area contributed by atoms with E-state index < -0.39 is 11.9 Å². The topological polar surface area (TPSA) is 123 Å². The fourth-order valence-corrected chi connectivity index (χ4v) is 4.54. The lowest BCUT2D eigenvalue weighted by Crippen LogP contribution is -2.48. The Kier molecular flexibility index (Phi) is 6.60. The van der Waals surface area contributed by atoms with Crippen LogP contribution in [-0.4, -0.2) is 70.6 Å². The number of para-hydroxylation sites is 1. The standard InChI is InChI=1S/C26H30N6O4/c1-16(2)23(24(27)33)30-25-18-5-3-4-6-19(18)28-22(29-25)14-31-9-11-32(12-10-31)26(34)17-7-8-20-21(13-17)36-15-35-20/h3-8,13,16,23H,9-12,14-15H2,1-2H3,(H2,27,33)(H,28,29,30)/t23-/m0/s1. The molecule has 1 fully saturated rings. The second-order valence-corrected chi connectivity index (χ2v) is 9.41. The third-order valence-electron chi connectivity index (χ3n) is 6.56. The summed E-state index contributed by atoms with van der Waals surface area (Å²) in [6.07, 6.45) is 0. The number of anilines is 1. The molecule has 1 saturated heterocycles. The number of primary amides is 1. The van der Waals surface area contributed by atoms with Crippen molar-refractivity contribution in [3.63, 3.8) is 0 Å². The zero-order chi connectivity index (χ0) is 25.2. The first-order valence-corrected chi connectivity index (χ1v) is 12.1. The number of ether oxygens (including phenoxy) is 2. The summed E-state index contributed by atoms with van der Waals surface area (Å²) in [5, 5.41) is 4.08. The summed E-state index contributed by atoms with van der Waals surface area (Å²) >= 11 is 0. The van der Waals surface area contributed by atoms with Gasteiger partial charge >= 0.3 is 0 Å². The number of carbonyl (C=O) groups is 2. The molecule has 3 aromatic rings. The normalized spacial score (nSPS) is 16.4. The van der Waals surface area contributed by atoms with E-state index in [1.54, 1.807) is 18.2 Å². The molecule has 1 aromatic heterocycles. The van der Waals surface area contributed by atoms with Crippen molar-refractivity contribution in [3.05, 3.63) is 53.9 Å². The number of nitrogens with zero attached hydrogens (tertiary/aromatic N) is 4. The van der Waals surface area contributed by atoms with Gasteiger partial charge in [0.15, 0.2) is 11.5 Å². The van der Waals surface area contributed by atoms with Crippen molar-refractivity contribution in [1.29, 1.82) is 0 Å². The highest BCUT2D eigenvalue weighted by Crippen LogP contribution is 2.33. The fraction of sp³-hybridized carbons (Fsp3) is 0.385. The van der Waals surface area contributed by atoms with E-state index in [1.165, 1.54) is 0 Å². The van der Waals surface area contributed by atoms with Gasteiger partial charge in [-0.3, -0.25) is 14.5 Å². The first-order valence-electron chi connectivity index (χ1n) is 12.1. The Morgan fingerprint density at radius 2 is 1.78 bits per heavy atom. The maximum atomic E-state index is 13.0. The molecule has 0 bridgehead atoms. The molecule has 2 aliphatic rings. The van der Waals surface area contributed by atoms with Crippen molar-refractivity contribution in [2.75, 3.05) is 38.3 Å². The molecule has 2 aliphatic heterocycles. The molecular weight excluding hydrogens is 460 g/mol. The van der Waals surface area contributed by atoms with Gasteiger partial charge in [-0.1, -0.05) is 26.0 Å². The molecule has 2 amide bonds. The molecule has 3 N–H and O–H groups in total. The third-order valence-corrected chi connectivity index (χ3v) is 6.56. The number of rotatable bonds is 7. The lowest BCUT2D eigenvalue weighted by Gasteiger charge is -2.34. The Hall–Kier alpha value is -3.92. The molecule has 0 unspecified atom stereocenters. The minimum atomic E-state index is -0.540. The highest BCUT2D eigenvalue weighted by Gasteiger charge is 2.26. The quantitative estimate of drug-likeness (QED) is 0.517. The number of nitrogens with one attached hydrogen (secondary N) is 1. The van der Waals surface area contributed by atoms with Gasteiger partial charge in [0.1, 0.15) is 17.7 Å². The molecule has 5 rings (SSSR count). The first kappa shape index (κ1) is 23.8. The van der Waals surface area contributed by atoms with Crippen molar-refractivity contribution in [2.24, 2.45) is 11.7 Å². The molecule has 36 heavy (non-hydrogen) atoms. The van der Waals surface area contributed by atoms with E-state index in [2.05, 4.69) is 10.2 Å². The number of hydrogen-bond acceptors (Lipinski definition) is 8. The average molecular weight is 491 g/mol. The second-order valence-electron chi connectivity index (χ2n) is 9.41. The number of benzene rings is 2. The fourth-order valence-electron chi connectivity index (χ4n) is 4.54. The van der Waals surface area contributed by atoms with Crippen LogP contribution < -0.4 is 20.5 Å². The van der Waals surface area contributed by atoms with Crippen LogP contribution in [-0.2, 0) is 11.3 Å². The summed E-state index contributed by atoms with van der Waals surface area (Å²) in [5.41, 5.74) is 7.02. The van der Waals surface area contributed by atoms with Crippen LogP contribution in [0.25, 0.3) is 10.9 Å². The van der Waals surface area contributed by atoms with E-state index in [-0.39, 0.29) is 18.6 Å². The summed E-state index contributed by atoms with van der Waals surface area (Å²) in [7, 11) is 0.